The first-order valence-corrected chi connectivity index (χ1v) is 9.24. The first-order chi connectivity index (χ1) is 12.5. The molecule has 1 saturated heterocycles. The Morgan fingerprint density at radius 1 is 1.31 bits per heavy atom. The Morgan fingerprint density at radius 2 is 2.12 bits per heavy atom. The molecule has 2 aromatic rings. The molecule has 1 fully saturated rings. The minimum Gasteiger partial charge on any atom is -0.480 e. The van der Waals surface area contributed by atoms with Gasteiger partial charge in [0, 0.05) is 12.1 Å². The van der Waals surface area contributed by atoms with E-state index in [1.165, 1.54) is 22.4 Å². The molecule has 2 unspecified atom stereocenters. The van der Waals surface area contributed by atoms with E-state index in [1.54, 1.807) is 0 Å². The molecular weight excluding hydrogens is 356 g/mol. The number of ether oxygens (including phenoxy) is 2. The van der Waals surface area contributed by atoms with Crippen molar-refractivity contribution in [1.29, 1.82) is 0 Å². The fourth-order valence-corrected chi connectivity index (χ4v) is 4.16. The second kappa shape index (κ2) is 6.60. The fraction of sp³-hybridized carbons (Fsp3) is 0.389. The molecule has 8 heteroatoms. The Balaban J connectivity index is 1.57. The third kappa shape index (κ3) is 3.01. The molecule has 0 saturated carbocycles. The smallest absolute Gasteiger partial charge is 0.326 e. The summed E-state index contributed by atoms with van der Waals surface area (Å²) in [5, 5.41) is 10.1. The Morgan fingerprint density at radius 3 is 2.92 bits per heavy atom. The van der Waals surface area contributed by atoms with Crippen molar-refractivity contribution in [3.05, 3.63) is 29.3 Å². The molecule has 1 aromatic carbocycles. The summed E-state index contributed by atoms with van der Waals surface area (Å²) in [7, 11) is 0. The second-order valence-corrected chi connectivity index (χ2v) is 7.61. The molecule has 4 rings (SSSR count). The molecule has 2 atom stereocenters. The molecule has 0 bridgehead atoms. The number of aromatic nitrogens is 1. The van der Waals surface area contributed by atoms with Gasteiger partial charge in [0.1, 0.15) is 15.9 Å². The predicted molar refractivity (Wildman–Crippen MR) is 94.5 cm³/mol. The molecule has 0 radical (unpaired) electrons. The number of carbonyl (C=O) groups excluding carboxylic acids is 1. The van der Waals surface area contributed by atoms with Gasteiger partial charge in [-0.3, -0.25) is 4.79 Å². The van der Waals surface area contributed by atoms with Gasteiger partial charge in [0.2, 0.25) is 6.79 Å². The van der Waals surface area contributed by atoms with E-state index in [0.29, 0.717) is 40.3 Å². The Kier molecular flexibility index (Phi) is 4.28. The lowest BCUT2D eigenvalue weighted by atomic mass is 9.92. The number of aliphatic carboxylic acids is 1. The topological polar surface area (TPSA) is 89.0 Å². The van der Waals surface area contributed by atoms with Gasteiger partial charge in [0.25, 0.3) is 5.91 Å². The number of hydrogen-bond acceptors (Lipinski definition) is 6. The average Bonchev–Trinajstić information content (AvgIpc) is 3.29. The van der Waals surface area contributed by atoms with E-state index in [9.17, 15) is 14.7 Å². The van der Waals surface area contributed by atoms with Crippen molar-refractivity contribution >= 4 is 23.2 Å². The number of likely N-dealkylation sites (tertiary alicyclic amines) is 1. The molecule has 1 aromatic heterocycles. The molecular formula is C18H18N2O5S. The van der Waals surface area contributed by atoms with Crippen LogP contribution in [0.4, 0.5) is 0 Å². The highest BCUT2D eigenvalue weighted by Gasteiger charge is 2.35. The third-order valence-corrected chi connectivity index (χ3v) is 5.78. The first-order valence-electron chi connectivity index (χ1n) is 8.42. The van der Waals surface area contributed by atoms with E-state index in [-0.39, 0.29) is 12.7 Å². The van der Waals surface area contributed by atoms with Gasteiger partial charge in [0.15, 0.2) is 11.5 Å². The highest BCUT2D eigenvalue weighted by atomic mass is 32.1. The van der Waals surface area contributed by atoms with Crippen molar-refractivity contribution < 1.29 is 24.2 Å². The zero-order chi connectivity index (χ0) is 18.3. The fourth-order valence-electron chi connectivity index (χ4n) is 3.30. The van der Waals surface area contributed by atoms with Crippen LogP contribution in [-0.2, 0) is 4.79 Å². The van der Waals surface area contributed by atoms with Gasteiger partial charge in [-0.1, -0.05) is 6.92 Å². The van der Waals surface area contributed by atoms with Crippen LogP contribution in [0.25, 0.3) is 10.6 Å². The number of benzene rings is 1. The first kappa shape index (κ1) is 16.8. The van der Waals surface area contributed by atoms with Gasteiger partial charge in [0.05, 0.1) is 6.20 Å². The minimum atomic E-state index is -0.953. The molecule has 3 heterocycles. The molecule has 2 aliphatic heterocycles. The number of hydrogen-bond donors (Lipinski definition) is 1. The van der Waals surface area contributed by atoms with E-state index in [4.69, 9.17) is 9.47 Å². The molecule has 26 heavy (non-hydrogen) atoms. The number of carboxylic acid groups (broad SMARTS) is 1. The van der Waals surface area contributed by atoms with Crippen LogP contribution >= 0.6 is 11.3 Å². The number of fused-ring (bicyclic) bond motifs is 1. The molecule has 0 spiro atoms. The largest absolute Gasteiger partial charge is 0.480 e. The lowest BCUT2D eigenvalue weighted by molar-refractivity contribution is -0.144. The van der Waals surface area contributed by atoms with E-state index in [2.05, 4.69) is 4.98 Å². The molecule has 1 N–H and O–H groups in total. The van der Waals surface area contributed by atoms with Gasteiger partial charge in [-0.05, 0) is 37.0 Å². The highest BCUT2D eigenvalue weighted by molar-refractivity contribution is 7.16. The maximum absolute atomic E-state index is 12.8. The maximum atomic E-state index is 12.8. The molecule has 136 valence electrons. The summed E-state index contributed by atoms with van der Waals surface area (Å²) in [6.07, 6.45) is 2.81. The second-order valence-electron chi connectivity index (χ2n) is 6.58. The minimum absolute atomic E-state index is 0.199. The van der Waals surface area contributed by atoms with Crippen LogP contribution in [0, 0.1) is 5.92 Å². The van der Waals surface area contributed by atoms with Gasteiger partial charge in [-0.2, -0.15) is 0 Å². The molecule has 0 aliphatic carbocycles. The van der Waals surface area contributed by atoms with Crippen LogP contribution in [0.3, 0.4) is 0 Å². The van der Waals surface area contributed by atoms with E-state index >= 15 is 0 Å². The molecule has 7 nitrogen and oxygen atoms in total. The number of carbonyl (C=O) groups is 2. The van der Waals surface area contributed by atoms with Crippen molar-refractivity contribution in [2.45, 2.75) is 25.8 Å². The summed E-state index contributed by atoms with van der Waals surface area (Å²) >= 11 is 1.26. The van der Waals surface area contributed by atoms with Gasteiger partial charge < -0.3 is 19.5 Å². The van der Waals surface area contributed by atoms with Gasteiger partial charge in [-0.25, -0.2) is 9.78 Å². The van der Waals surface area contributed by atoms with Crippen LogP contribution in [-0.4, -0.2) is 46.2 Å². The third-order valence-electron chi connectivity index (χ3n) is 4.75. The summed E-state index contributed by atoms with van der Waals surface area (Å²) in [6, 6.07) is 4.73. The van der Waals surface area contributed by atoms with Crippen molar-refractivity contribution in [3.8, 4) is 22.1 Å². The quantitative estimate of drug-likeness (QED) is 0.889. The Hall–Kier alpha value is -2.61. The summed E-state index contributed by atoms with van der Waals surface area (Å²) in [4.78, 5) is 30.6. The lowest BCUT2D eigenvalue weighted by Crippen LogP contribution is -2.49. The van der Waals surface area contributed by atoms with Gasteiger partial charge >= 0.3 is 5.97 Å². The van der Waals surface area contributed by atoms with Crippen LogP contribution in [0.15, 0.2) is 24.4 Å². The number of piperidine rings is 1. The monoisotopic (exact) mass is 374 g/mol. The number of nitrogens with zero attached hydrogens (tertiary/aromatic N) is 2. The van der Waals surface area contributed by atoms with E-state index < -0.39 is 12.0 Å². The van der Waals surface area contributed by atoms with Crippen molar-refractivity contribution in [3.63, 3.8) is 0 Å². The zero-order valence-corrected chi connectivity index (χ0v) is 15.0. The summed E-state index contributed by atoms with van der Waals surface area (Å²) in [5.41, 5.74) is 0.834. The number of thiazole rings is 1. The van der Waals surface area contributed by atoms with Gasteiger partial charge in [-0.15, -0.1) is 11.3 Å². The SMILES string of the molecule is CC1CCN(C(=O)c2cnc(-c3ccc4c(c3)OCO4)s2)C(C(=O)O)C1. The Bertz CT molecular complexity index is 865. The number of rotatable bonds is 3. The Labute approximate surface area is 154 Å². The molecule has 1 amide bonds. The van der Waals surface area contributed by atoms with Crippen LogP contribution in [0.1, 0.15) is 29.4 Å². The number of carboxylic acids is 1. The van der Waals surface area contributed by atoms with Crippen molar-refractivity contribution in [1.82, 2.24) is 9.88 Å². The van der Waals surface area contributed by atoms with E-state index in [0.717, 1.165) is 12.0 Å². The van der Waals surface area contributed by atoms with Crippen LogP contribution in [0.5, 0.6) is 11.5 Å². The predicted octanol–water partition coefficient (Wildman–Crippen LogP) is 2.86. The standard InChI is InChI=1S/C18H18N2O5S/c1-10-4-5-20(12(6-10)18(22)23)17(21)15-8-19-16(26-15)11-2-3-13-14(7-11)25-9-24-13/h2-3,7-8,10,12H,4-6,9H2,1H3,(H,22,23). The van der Waals surface area contributed by atoms with Crippen molar-refractivity contribution in [2.75, 3.05) is 13.3 Å². The normalized spacial score (nSPS) is 21.7. The van der Waals surface area contributed by atoms with Crippen LogP contribution < -0.4 is 9.47 Å². The maximum Gasteiger partial charge on any atom is 0.326 e. The van der Waals surface area contributed by atoms with Crippen LogP contribution in [0.2, 0.25) is 0 Å². The van der Waals surface area contributed by atoms with Crippen molar-refractivity contribution in [2.24, 2.45) is 5.92 Å². The molecule has 2 aliphatic rings. The average molecular weight is 374 g/mol. The summed E-state index contributed by atoms with van der Waals surface area (Å²) < 4.78 is 10.7. The number of amides is 1. The zero-order valence-electron chi connectivity index (χ0n) is 14.2. The lowest BCUT2D eigenvalue weighted by Gasteiger charge is -2.35. The summed E-state index contributed by atoms with van der Waals surface area (Å²) in [6.45, 7) is 2.67. The summed E-state index contributed by atoms with van der Waals surface area (Å²) in [5.74, 6) is 0.417. The highest BCUT2D eigenvalue weighted by Crippen LogP contribution is 2.37. The van der Waals surface area contributed by atoms with E-state index in [1.807, 2.05) is 25.1 Å².